The summed E-state index contributed by atoms with van der Waals surface area (Å²) in [6.07, 6.45) is 6.60. The molecule has 2 aliphatic rings. The standard InChI is InChI=1S/C26H38N6O3/c1-17-11-12-19-18(14-17)23(30-21-9-6-5-8-20(21)28-22-10-7-13-27-22)31-24(29-19)25(33)32-26(2,15-34-3)16-35-4/h11-12,14,20-21H,5-10,13,15-16H2,1-4H3,(H,27,28)(H,32,33)(H,29,30,31)/t20-,21+/m1/s1. The first-order chi connectivity index (χ1) is 16.9. The molecule has 0 bridgehead atoms. The maximum Gasteiger partial charge on any atom is 0.289 e. The van der Waals surface area contributed by atoms with E-state index < -0.39 is 5.54 Å². The second-order valence-corrected chi connectivity index (χ2v) is 10.0. The molecule has 2 atom stereocenters. The van der Waals surface area contributed by atoms with Gasteiger partial charge in [-0.3, -0.25) is 9.79 Å². The lowest BCUT2D eigenvalue weighted by Crippen LogP contribution is -2.53. The van der Waals surface area contributed by atoms with Gasteiger partial charge in [0, 0.05) is 44.7 Å². The SMILES string of the molecule is COCC(C)(COC)NC(=O)c1nc(N[C@H]2CCCC[C@H]2NC2=NCCC2)c2cc(C)ccc2n1. The fourth-order valence-electron chi connectivity index (χ4n) is 5.06. The fourth-order valence-corrected chi connectivity index (χ4v) is 5.06. The number of aromatic nitrogens is 2. The summed E-state index contributed by atoms with van der Waals surface area (Å²) in [5.41, 5.74) is 1.16. The third kappa shape index (κ3) is 6.27. The van der Waals surface area contributed by atoms with E-state index in [0.717, 1.165) is 61.0 Å². The molecule has 1 amide bonds. The van der Waals surface area contributed by atoms with Gasteiger partial charge >= 0.3 is 0 Å². The van der Waals surface area contributed by atoms with Gasteiger partial charge in [0.05, 0.1) is 30.1 Å². The predicted molar refractivity (Wildman–Crippen MR) is 138 cm³/mol. The fraction of sp³-hybridized carbons (Fsp3) is 0.615. The van der Waals surface area contributed by atoms with E-state index in [2.05, 4.69) is 32.0 Å². The lowest BCUT2D eigenvalue weighted by molar-refractivity contribution is 0.0453. The monoisotopic (exact) mass is 482 g/mol. The number of rotatable bonds is 9. The second kappa shape index (κ2) is 11.3. The molecule has 3 N–H and O–H groups in total. The van der Waals surface area contributed by atoms with Crippen molar-refractivity contribution >= 4 is 28.5 Å². The van der Waals surface area contributed by atoms with Gasteiger partial charge in [0.25, 0.3) is 5.91 Å². The Morgan fingerprint density at radius 2 is 1.77 bits per heavy atom. The molecule has 9 heteroatoms. The zero-order valence-corrected chi connectivity index (χ0v) is 21.3. The third-order valence-corrected chi connectivity index (χ3v) is 6.71. The number of carbonyl (C=O) groups is 1. The molecule has 1 saturated carbocycles. The van der Waals surface area contributed by atoms with Crippen LogP contribution in [0.4, 0.5) is 5.82 Å². The van der Waals surface area contributed by atoms with Gasteiger partial charge in [0.2, 0.25) is 5.82 Å². The Morgan fingerprint density at radius 3 is 2.43 bits per heavy atom. The molecule has 1 fully saturated rings. The minimum Gasteiger partial charge on any atom is -0.382 e. The zero-order chi connectivity index (χ0) is 24.8. The van der Waals surface area contributed by atoms with Gasteiger partial charge in [-0.15, -0.1) is 0 Å². The number of anilines is 1. The number of benzene rings is 1. The number of amidine groups is 1. The van der Waals surface area contributed by atoms with Crippen molar-refractivity contribution in [3.63, 3.8) is 0 Å². The lowest BCUT2D eigenvalue weighted by Gasteiger charge is -2.34. The summed E-state index contributed by atoms with van der Waals surface area (Å²) in [5.74, 6) is 1.58. The van der Waals surface area contributed by atoms with Crippen LogP contribution in [0, 0.1) is 6.92 Å². The summed E-state index contributed by atoms with van der Waals surface area (Å²) in [7, 11) is 3.20. The number of methoxy groups -OCH3 is 2. The largest absolute Gasteiger partial charge is 0.382 e. The molecule has 4 rings (SSSR count). The maximum atomic E-state index is 13.3. The van der Waals surface area contributed by atoms with Crippen LogP contribution in [-0.4, -0.2) is 73.3 Å². The van der Waals surface area contributed by atoms with Crippen molar-refractivity contribution in [1.82, 2.24) is 20.6 Å². The summed E-state index contributed by atoms with van der Waals surface area (Å²) in [6.45, 7) is 5.46. The summed E-state index contributed by atoms with van der Waals surface area (Å²) >= 11 is 0. The Kier molecular flexibility index (Phi) is 8.18. The second-order valence-electron chi connectivity index (χ2n) is 10.0. The van der Waals surface area contributed by atoms with Crippen LogP contribution < -0.4 is 16.0 Å². The van der Waals surface area contributed by atoms with Crippen LogP contribution in [0.3, 0.4) is 0 Å². The molecule has 1 aromatic heterocycles. The van der Waals surface area contributed by atoms with E-state index in [1.54, 1.807) is 14.2 Å². The normalized spacial score (nSPS) is 20.5. The summed E-state index contributed by atoms with van der Waals surface area (Å²) in [4.78, 5) is 27.2. The van der Waals surface area contributed by atoms with E-state index in [9.17, 15) is 4.79 Å². The van der Waals surface area contributed by atoms with Crippen molar-refractivity contribution in [2.75, 3.05) is 39.3 Å². The quantitative estimate of drug-likeness (QED) is 0.503. The highest BCUT2D eigenvalue weighted by atomic mass is 16.5. The smallest absolute Gasteiger partial charge is 0.289 e. The molecule has 0 saturated heterocycles. The predicted octanol–water partition coefficient (Wildman–Crippen LogP) is 3.22. The topological polar surface area (TPSA) is 110 Å². The van der Waals surface area contributed by atoms with Gasteiger partial charge in [-0.1, -0.05) is 24.5 Å². The van der Waals surface area contributed by atoms with Crippen molar-refractivity contribution in [1.29, 1.82) is 0 Å². The van der Waals surface area contributed by atoms with Gasteiger partial charge in [-0.25, -0.2) is 9.97 Å². The summed E-state index contributed by atoms with van der Waals surface area (Å²) in [5, 5.41) is 11.3. The summed E-state index contributed by atoms with van der Waals surface area (Å²) in [6, 6.07) is 6.49. The highest BCUT2D eigenvalue weighted by Gasteiger charge is 2.30. The minimum absolute atomic E-state index is 0.128. The van der Waals surface area contributed by atoms with E-state index >= 15 is 0 Å². The molecule has 0 unspecified atom stereocenters. The first-order valence-electron chi connectivity index (χ1n) is 12.6. The average Bonchev–Trinajstić information content (AvgIpc) is 3.34. The van der Waals surface area contributed by atoms with E-state index in [-0.39, 0.29) is 23.8 Å². The van der Waals surface area contributed by atoms with E-state index in [1.165, 1.54) is 6.42 Å². The van der Waals surface area contributed by atoms with Crippen LogP contribution in [0.1, 0.15) is 61.6 Å². The van der Waals surface area contributed by atoms with Gasteiger partial charge in [0.15, 0.2) is 0 Å². The molecule has 35 heavy (non-hydrogen) atoms. The number of nitrogens with one attached hydrogen (secondary N) is 3. The number of nitrogens with zero attached hydrogens (tertiary/aromatic N) is 3. The molecular weight excluding hydrogens is 444 g/mol. The van der Waals surface area contributed by atoms with Gasteiger partial charge in [0.1, 0.15) is 5.82 Å². The molecule has 1 aromatic carbocycles. The molecule has 2 heterocycles. The Labute approximate surface area is 207 Å². The molecule has 1 aliphatic heterocycles. The number of hydrogen-bond donors (Lipinski definition) is 3. The Balaban J connectivity index is 1.63. The Bertz CT molecular complexity index is 1070. The number of fused-ring (bicyclic) bond motifs is 1. The highest BCUT2D eigenvalue weighted by Crippen LogP contribution is 2.27. The van der Waals surface area contributed by atoms with E-state index in [1.807, 2.05) is 26.0 Å². The maximum absolute atomic E-state index is 13.3. The van der Waals surface area contributed by atoms with E-state index in [0.29, 0.717) is 19.0 Å². The molecule has 0 spiro atoms. The lowest BCUT2D eigenvalue weighted by atomic mass is 9.90. The number of aliphatic imine (C=N–C) groups is 1. The third-order valence-electron chi connectivity index (χ3n) is 6.71. The van der Waals surface area contributed by atoms with Crippen LogP contribution in [0.5, 0.6) is 0 Å². The number of hydrogen-bond acceptors (Lipinski definition) is 8. The molecule has 2 aromatic rings. The average molecular weight is 483 g/mol. The van der Waals surface area contributed by atoms with Gasteiger partial charge in [-0.2, -0.15) is 0 Å². The molecule has 9 nitrogen and oxygen atoms in total. The minimum atomic E-state index is -0.694. The van der Waals surface area contributed by atoms with Gasteiger partial charge < -0.3 is 25.4 Å². The number of carbonyl (C=O) groups excluding carboxylic acids is 1. The van der Waals surface area contributed by atoms with Crippen molar-refractivity contribution in [3.05, 3.63) is 29.6 Å². The van der Waals surface area contributed by atoms with Crippen molar-refractivity contribution in [2.24, 2.45) is 4.99 Å². The van der Waals surface area contributed by atoms with Crippen LogP contribution in [0.2, 0.25) is 0 Å². The number of amides is 1. The molecule has 1 aliphatic carbocycles. The van der Waals surface area contributed by atoms with Gasteiger partial charge in [-0.05, 0) is 45.2 Å². The zero-order valence-electron chi connectivity index (χ0n) is 21.3. The Hall–Kier alpha value is -2.78. The van der Waals surface area contributed by atoms with E-state index in [4.69, 9.17) is 14.5 Å². The first kappa shape index (κ1) is 25.3. The van der Waals surface area contributed by atoms with Crippen molar-refractivity contribution < 1.29 is 14.3 Å². The van der Waals surface area contributed by atoms with Crippen molar-refractivity contribution in [3.8, 4) is 0 Å². The number of ether oxygens (including phenoxy) is 2. The molecular formula is C26H38N6O3. The molecule has 0 radical (unpaired) electrons. The van der Waals surface area contributed by atoms with Crippen LogP contribution in [0.15, 0.2) is 23.2 Å². The van der Waals surface area contributed by atoms with Crippen LogP contribution in [-0.2, 0) is 9.47 Å². The van der Waals surface area contributed by atoms with Crippen LogP contribution in [0.25, 0.3) is 10.9 Å². The molecule has 190 valence electrons. The van der Waals surface area contributed by atoms with Crippen LogP contribution >= 0.6 is 0 Å². The first-order valence-corrected chi connectivity index (χ1v) is 12.6. The Morgan fingerprint density at radius 1 is 1.06 bits per heavy atom. The highest BCUT2D eigenvalue weighted by molar-refractivity contribution is 5.97. The summed E-state index contributed by atoms with van der Waals surface area (Å²) < 4.78 is 10.6. The van der Waals surface area contributed by atoms with Crippen molar-refractivity contribution in [2.45, 2.75) is 70.0 Å². The number of aryl methyl sites for hydroxylation is 1.